The van der Waals surface area contributed by atoms with Crippen LogP contribution in [0.5, 0.6) is 0 Å². The first-order valence-electron chi connectivity index (χ1n) is 6.64. The number of anilines is 1. The van der Waals surface area contributed by atoms with Crippen LogP contribution in [0.25, 0.3) is 0 Å². The van der Waals surface area contributed by atoms with Crippen LogP contribution in [0.1, 0.15) is 25.0 Å². The van der Waals surface area contributed by atoms with Crippen molar-refractivity contribution in [2.24, 2.45) is 11.7 Å². The van der Waals surface area contributed by atoms with Gasteiger partial charge in [0.05, 0.1) is 6.61 Å². The molecule has 1 aromatic rings. The highest BCUT2D eigenvalue weighted by Crippen LogP contribution is 2.22. The lowest BCUT2D eigenvalue weighted by atomic mass is 10.1. The zero-order chi connectivity index (χ0) is 14.4. The molecule has 0 saturated heterocycles. The van der Waals surface area contributed by atoms with E-state index in [0.717, 1.165) is 29.9 Å². The predicted octanol–water partition coefficient (Wildman–Crippen LogP) is 2.39. The first kappa shape index (κ1) is 15.5. The number of hydrogen-bond acceptors (Lipinski definition) is 3. The van der Waals surface area contributed by atoms with Crippen LogP contribution in [0.3, 0.4) is 0 Å². The number of nitrogens with one attached hydrogen (secondary N) is 1. The summed E-state index contributed by atoms with van der Waals surface area (Å²) >= 11 is 0. The molecule has 0 aromatic heterocycles. The molecule has 0 atom stereocenters. The maximum atomic E-state index is 7.75. The van der Waals surface area contributed by atoms with E-state index in [1.807, 2.05) is 19.1 Å². The number of nitrogens with zero attached hydrogens (tertiary/aromatic N) is 1. The van der Waals surface area contributed by atoms with Crippen molar-refractivity contribution in [2.45, 2.75) is 20.8 Å². The Hall–Kier alpha value is -1.55. The lowest BCUT2D eigenvalue weighted by Crippen LogP contribution is -2.33. The van der Waals surface area contributed by atoms with Crippen LogP contribution in [0.4, 0.5) is 5.69 Å². The summed E-state index contributed by atoms with van der Waals surface area (Å²) < 4.78 is 5.17. The standard InChI is InChI=1S/C15H25N3O/c1-11(2)10-18(7-8-19-4)14-6-5-12(3)9-13(14)15(16)17/h5-6,9,11H,7-8,10H2,1-4H3,(H3,16,17). The van der Waals surface area contributed by atoms with Gasteiger partial charge in [0.15, 0.2) is 0 Å². The Morgan fingerprint density at radius 1 is 1.42 bits per heavy atom. The molecule has 4 heteroatoms. The normalized spacial score (nSPS) is 10.8. The van der Waals surface area contributed by atoms with Crippen molar-refractivity contribution in [3.05, 3.63) is 29.3 Å². The van der Waals surface area contributed by atoms with Crippen molar-refractivity contribution in [2.75, 3.05) is 31.7 Å². The summed E-state index contributed by atoms with van der Waals surface area (Å²) in [7, 11) is 1.70. The Balaban J connectivity index is 3.09. The largest absolute Gasteiger partial charge is 0.384 e. The molecule has 0 aliphatic carbocycles. The van der Waals surface area contributed by atoms with E-state index >= 15 is 0 Å². The molecule has 0 spiro atoms. The molecule has 0 aliphatic heterocycles. The zero-order valence-corrected chi connectivity index (χ0v) is 12.4. The summed E-state index contributed by atoms with van der Waals surface area (Å²) in [6.07, 6.45) is 0. The van der Waals surface area contributed by atoms with Gasteiger partial charge >= 0.3 is 0 Å². The third-order valence-corrected chi connectivity index (χ3v) is 2.93. The average Bonchev–Trinajstić information content (AvgIpc) is 2.34. The fraction of sp³-hybridized carbons (Fsp3) is 0.533. The smallest absolute Gasteiger partial charge is 0.124 e. The number of benzene rings is 1. The third-order valence-electron chi connectivity index (χ3n) is 2.93. The molecule has 0 radical (unpaired) electrons. The van der Waals surface area contributed by atoms with E-state index in [1.165, 1.54) is 0 Å². The number of aryl methyl sites for hydroxylation is 1. The molecule has 106 valence electrons. The minimum Gasteiger partial charge on any atom is -0.384 e. The molecule has 0 amide bonds. The maximum absolute atomic E-state index is 7.75. The summed E-state index contributed by atoms with van der Waals surface area (Å²) in [4.78, 5) is 2.24. The van der Waals surface area contributed by atoms with Crippen molar-refractivity contribution in [3.63, 3.8) is 0 Å². The van der Waals surface area contributed by atoms with Crippen LogP contribution in [-0.2, 0) is 4.74 Å². The number of nitrogen functional groups attached to an aromatic ring is 1. The SMILES string of the molecule is COCCN(CC(C)C)c1ccc(C)cc1C(=N)N. The topological polar surface area (TPSA) is 62.3 Å². The molecule has 19 heavy (non-hydrogen) atoms. The maximum Gasteiger partial charge on any atom is 0.124 e. The molecule has 0 fully saturated rings. The number of amidine groups is 1. The highest BCUT2D eigenvalue weighted by Gasteiger charge is 2.14. The van der Waals surface area contributed by atoms with Gasteiger partial charge in [0.2, 0.25) is 0 Å². The van der Waals surface area contributed by atoms with Crippen molar-refractivity contribution in [3.8, 4) is 0 Å². The van der Waals surface area contributed by atoms with Gasteiger partial charge in [-0.25, -0.2) is 0 Å². The summed E-state index contributed by atoms with van der Waals surface area (Å²) in [6.45, 7) is 8.77. The van der Waals surface area contributed by atoms with Gasteiger partial charge < -0.3 is 15.4 Å². The lowest BCUT2D eigenvalue weighted by molar-refractivity contribution is 0.204. The van der Waals surface area contributed by atoms with E-state index in [2.05, 4.69) is 24.8 Å². The second-order valence-corrected chi connectivity index (χ2v) is 5.27. The van der Waals surface area contributed by atoms with Gasteiger partial charge in [-0.3, -0.25) is 5.41 Å². The summed E-state index contributed by atoms with van der Waals surface area (Å²) in [5.74, 6) is 0.655. The van der Waals surface area contributed by atoms with Crippen LogP contribution in [0.15, 0.2) is 18.2 Å². The highest BCUT2D eigenvalue weighted by molar-refractivity contribution is 6.00. The molecular formula is C15H25N3O. The van der Waals surface area contributed by atoms with E-state index in [4.69, 9.17) is 15.9 Å². The Kier molecular flexibility index (Phi) is 5.83. The molecule has 4 nitrogen and oxygen atoms in total. The fourth-order valence-electron chi connectivity index (χ4n) is 2.09. The zero-order valence-electron chi connectivity index (χ0n) is 12.4. The van der Waals surface area contributed by atoms with Gasteiger partial charge in [0, 0.05) is 31.5 Å². The fourth-order valence-corrected chi connectivity index (χ4v) is 2.09. The Labute approximate surface area is 116 Å². The molecule has 0 bridgehead atoms. The molecule has 0 saturated carbocycles. The molecule has 1 rings (SSSR count). The van der Waals surface area contributed by atoms with E-state index in [1.54, 1.807) is 7.11 Å². The van der Waals surface area contributed by atoms with Gasteiger partial charge in [-0.15, -0.1) is 0 Å². The van der Waals surface area contributed by atoms with Crippen LogP contribution >= 0.6 is 0 Å². The highest BCUT2D eigenvalue weighted by atomic mass is 16.5. The summed E-state index contributed by atoms with van der Waals surface area (Å²) in [5, 5.41) is 7.75. The van der Waals surface area contributed by atoms with E-state index in [-0.39, 0.29) is 5.84 Å². The van der Waals surface area contributed by atoms with Gasteiger partial charge in [0.25, 0.3) is 0 Å². The number of ether oxygens (including phenoxy) is 1. The molecule has 0 aliphatic rings. The van der Waals surface area contributed by atoms with Gasteiger partial charge in [-0.2, -0.15) is 0 Å². The molecular weight excluding hydrogens is 238 g/mol. The minimum atomic E-state index is 0.116. The van der Waals surface area contributed by atoms with Crippen LogP contribution < -0.4 is 10.6 Å². The average molecular weight is 263 g/mol. The number of nitrogens with two attached hydrogens (primary N) is 1. The first-order chi connectivity index (χ1) is 8.95. The van der Waals surface area contributed by atoms with Gasteiger partial charge in [-0.05, 0) is 25.0 Å². The van der Waals surface area contributed by atoms with Crippen molar-refractivity contribution >= 4 is 11.5 Å². The first-order valence-corrected chi connectivity index (χ1v) is 6.64. The Morgan fingerprint density at radius 3 is 2.63 bits per heavy atom. The van der Waals surface area contributed by atoms with Crippen LogP contribution in [0, 0.1) is 18.3 Å². The second kappa shape index (κ2) is 7.14. The minimum absolute atomic E-state index is 0.116. The molecule has 3 N–H and O–H groups in total. The number of rotatable bonds is 7. The van der Waals surface area contributed by atoms with E-state index in [0.29, 0.717) is 12.5 Å². The predicted molar refractivity (Wildman–Crippen MR) is 81.1 cm³/mol. The molecule has 0 unspecified atom stereocenters. The van der Waals surface area contributed by atoms with Crippen molar-refractivity contribution in [1.82, 2.24) is 0 Å². The quantitative estimate of drug-likeness (QED) is 0.586. The van der Waals surface area contributed by atoms with Gasteiger partial charge in [0.1, 0.15) is 5.84 Å². The van der Waals surface area contributed by atoms with E-state index in [9.17, 15) is 0 Å². The molecule has 0 heterocycles. The van der Waals surface area contributed by atoms with E-state index < -0.39 is 0 Å². The summed E-state index contributed by atoms with van der Waals surface area (Å²) in [6, 6.07) is 6.07. The van der Waals surface area contributed by atoms with Crippen molar-refractivity contribution < 1.29 is 4.74 Å². The van der Waals surface area contributed by atoms with Crippen LogP contribution in [-0.4, -0.2) is 32.6 Å². The Bertz CT molecular complexity index is 429. The monoisotopic (exact) mass is 263 g/mol. The molecule has 1 aromatic carbocycles. The van der Waals surface area contributed by atoms with Gasteiger partial charge in [-0.1, -0.05) is 25.5 Å². The number of methoxy groups -OCH3 is 1. The van der Waals surface area contributed by atoms with Crippen LogP contribution in [0.2, 0.25) is 0 Å². The Morgan fingerprint density at radius 2 is 2.11 bits per heavy atom. The number of hydrogen-bond donors (Lipinski definition) is 2. The summed E-state index contributed by atoms with van der Waals surface area (Å²) in [5.41, 5.74) is 8.64. The van der Waals surface area contributed by atoms with Crippen molar-refractivity contribution in [1.29, 1.82) is 5.41 Å². The third kappa shape index (κ3) is 4.56. The lowest BCUT2D eigenvalue weighted by Gasteiger charge is -2.28. The second-order valence-electron chi connectivity index (χ2n) is 5.27.